The Morgan fingerprint density at radius 2 is 1.01 bits per heavy atom. The van der Waals surface area contributed by atoms with Crippen molar-refractivity contribution in [2.75, 3.05) is 0 Å². The highest BCUT2D eigenvalue weighted by Gasteiger charge is 2.52. The van der Waals surface area contributed by atoms with E-state index in [9.17, 15) is 36.4 Å². The third-order valence-electron chi connectivity index (χ3n) is 15.1. The van der Waals surface area contributed by atoms with Gasteiger partial charge in [0.15, 0.2) is 12.6 Å². The molecule has 2 heterocycles. The number of benzene rings is 1. The zero-order valence-corrected chi connectivity index (χ0v) is 43.4. The largest absolute Gasteiger partial charge is 0.459 e. The van der Waals surface area contributed by atoms with Gasteiger partial charge in [-0.05, 0) is 113 Å². The lowest BCUT2D eigenvalue weighted by molar-refractivity contribution is -0.280. The number of ether oxygens (including phenoxy) is 6. The maximum atomic E-state index is 12.0. The first-order valence-corrected chi connectivity index (χ1v) is 25.2. The molecule has 2 saturated heterocycles. The van der Waals surface area contributed by atoms with Crippen LogP contribution < -0.4 is 0 Å². The smallest absolute Gasteiger partial charge is 0.303 e. The number of aryl methyl sites for hydroxylation is 1. The first kappa shape index (κ1) is 58.7. The minimum Gasteiger partial charge on any atom is -0.459 e. The molecule has 0 amide bonds. The molecule has 1 aromatic carbocycles. The molecule has 0 bridgehead atoms. The lowest BCUT2D eigenvalue weighted by Gasteiger charge is -2.48. The summed E-state index contributed by atoms with van der Waals surface area (Å²) >= 11 is 0. The Labute approximate surface area is 417 Å². The van der Waals surface area contributed by atoms with E-state index in [0.29, 0.717) is 38.0 Å². The zero-order chi connectivity index (χ0) is 52.7. The molecule has 5 rings (SSSR count). The van der Waals surface area contributed by atoms with Crippen LogP contribution in [0.4, 0.5) is 0 Å². The maximum Gasteiger partial charge on any atom is 0.303 e. The highest BCUT2D eigenvalue weighted by molar-refractivity contribution is 5.66. The van der Waals surface area contributed by atoms with Gasteiger partial charge in [0.2, 0.25) is 0 Å². The number of rotatable bonds is 18. The molecule has 4 fully saturated rings. The van der Waals surface area contributed by atoms with Gasteiger partial charge in [0.25, 0.3) is 0 Å². The summed E-state index contributed by atoms with van der Waals surface area (Å²) in [6.45, 7) is 23.1. The summed E-state index contributed by atoms with van der Waals surface area (Å²) in [6, 6.07) is 7.20. The molecule has 2 N–H and O–H groups in total. The van der Waals surface area contributed by atoms with Crippen LogP contribution in [-0.4, -0.2) is 108 Å². The molecule has 0 radical (unpaired) electrons. The van der Waals surface area contributed by atoms with Crippen molar-refractivity contribution in [3.63, 3.8) is 0 Å². The highest BCUT2D eigenvalue weighted by Crippen LogP contribution is 2.43. The topological polar surface area (TPSA) is 325 Å². The number of hydrogen-bond acceptors (Lipinski definition) is 14. The molecular weight excluding hydrogens is 917 g/mol. The number of aliphatic hydroxyl groups excluding tert-OH is 2. The fourth-order valence-corrected chi connectivity index (χ4v) is 11.0. The van der Waals surface area contributed by atoms with Crippen LogP contribution in [0.1, 0.15) is 121 Å². The molecule has 394 valence electrons. The fourth-order valence-electron chi connectivity index (χ4n) is 11.0. The molecule has 22 heteroatoms. The summed E-state index contributed by atoms with van der Waals surface area (Å²) in [4.78, 5) is 35.8. The van der Waals surface area contributed by atoms with Crippen molar-refractivity contribution in [1.82, 2.24) is 0 Å². The average Bonchev–Trinajstić information content (AvgIpc) is 3.31. The Morgan fingerprint density at radius 1 is 0.620 bits per heavy atom. The van der Waals surface area contributed by atoms with E-state index >= 15 is 0 Å². The molecule has 0 spiro atoms. The van der Waals surface area contributed by atoms with Crippen molar-refractivity contribution in [3.8, 4) is 0 Å². The van der Waals surface area contributed by atoms with Crippen LogP contribution in [-0.2, 0) is 44.4 Å². The summed E-state index contributed by atoms with van der Waals surface area (Å²) in [5.74, 6) is -0.516. The summed E-state index contributed by atoms with van der Waals surface area (Å²) < 4.78 is 36.2. The number of hydrogen-bond donors (Lipinski definition) is 2. The Bertz CT molecular complexity index is 2060. The molecule has 0 aromatic heterocycles. The molecule has 2 saturated carbocycles. The molecular formula is C49H78N12O10. The molecule has 71 heavy (non-hydrogen) atoms. The third kappa shape index (κ3) is 15.6. The lowest BCUT2D eigenvalue weighted by Crippen LogP contribution is -2.59. The minimum absolute atomic E-state index is 0.0382. The van der Waals surface area contributed by atoms with Crippen LogP contribution in [0.25, 0.3) is 41.8 Å². The molecule has 4 aliphatic rings. The summed E-state index contributed by atoms with van der Waals surface area (Å²) in [5.41, 5.74) is 38.0. The van der Waals surface area contributed by atoms with Crippen LogP contribution in [0.2, 0.25) is 0 Å². The minimum atomic E-state index is -1.27. The molecule has 1 aromatic rings. The monoisotopic (exact) mass is 995 g/mol. The number of azide groups is 4. The lowest BCUT2D eigenvalue weighted by atomic mass is 9.76. The molecule has 8 unspecified atom stereocenters. The van der Waals surface area contributed by atoms with Crippen molar-refractivity contribution in [2.24, 2.45) is 73.7 Å². The number of nitrogens with zero attached hydrogens (tertiary/aromatic N) is 12. The summed E-state index contributed by atoms with van der Waals surface area (Å²) in [7, 11) is 0. The van der Waals surface area contributed by atoms with Gasteiger partial charge in [-0.1, -0.05) is 126 Å². The molecule has 20 atom stereocenters. The van der Waals surface area contributed by atoms with Crippen LogP contribution in [0, 0.1) is 53.3 Å². The van der Waals surface area contributed by atoms with E-state index in [1.165, 1.54) is 13.8 Å². The van der Waals surface area contributed by atoms with Crippen molar-refractivity contribution < 1.29 is 48.2 Å². The van der Waals surface area contributed by atoms with Crippen LogP contribution in [0.15, 0.2) is 50.8 Å². The normalized spacial score (nSPS) is 36.9. The first-order valence-electron chi connectivity index (χ1n) is 25.2. The number of carbonyl (C=O) groups is 2. The van der Waals surface area contributed by atoms with E-state index < -0.39 is 85.3 Å². The molecule has 2 aliphatic heterocycles. The quantitative estimate of drug-likeness (QED) is 0.0606. The third-order valence-corrected chi connectivity index (χ3v) is 15.1. The second kappa shape index (κ2) is 27.8. The summed E-state index contributed by atoms with van der Waals surface area (Å²) in [6.07, 6.45) is -4.67. The van der Waals surface area contributed by atoms with E-state index in [4.69, 9.17) is 34.0 Å². The zero-order valence-electron chi connectivity index (χ0n) is 43.4. The van der Waals surface area contributed by atoms with Crippen molar-refractivity contribution in [2.45, 2.75) is 207 Å². The van der Waals surface area contributed by atoms with Crippen LogP contribution >= 0.6 is 0 Å². The Morgan fingerprint density at radius 3 is 1.37 bits per heavy atom. The fraction of sp³-hybridized carbons (Fsp3) is 0.837. The predicted molar refractivity (Wildman–Crippen MR) is 263 cm³/mol. The second-order valence-electron chi connectivity index (χ2n) is 21.1. The van der Waals surface area contributed by atoms with Gasteiger partial charge in [-0.15, -0.1) is 0 Å². The molecule has 2 aliphatic carbocycles. The van der Waals surface area contributed by atoms with Crippen LogP contribution in [0.5, 0.6) is 0 Å². The van der Waals surface area contributed by atoms with Crippen molar-refractivity contribution >= 4 is 11.9 Å². The predicted octanol–water partition coefficient (Wildman–Crippen LogP) is 10.5. The van der Waals surface area contributed by atoms with Crippen molar-refractivity contribution in [3.05, 3.63) is 77.7 Å². The number of aliphatic hydroxyl groups is 2. The van der Waals surface area contributed by atoms with Gasteiger partial charge < -0.3 is 38.6 Å². The highest BCUT2D eigenvalue weighted by atomic mass is 16.7. The van der Waals surface area contributed by atoms with E-state index in [0.717, 1.165) is 12.0 Å². The van der Waals surface area contributed by atoms with Gasteiger partial charge >= 0.3 is 11.9 Å². The SMILES string of the molecule is CC(=O)OC1[C@H](CCC(C)C)CC(N=[N+]=[N-])[C@@H](O[C@H]2OC(C(C)C)[C@@H](C)[C@H](C)C2N=[N+]=[N-])[C@@H]1O.CC(=O)OC1[C@H](CCc2ccccc2)CC(N=[N+]=[N-])[C@@H](O[C@H]2OC(C(C)C)[C@@H](C)[C@H](C)C2N=[N+]=[N-])[C@@H]1O. The van der Waals surface area contributed by atoms with Gasteiger partial charge in [0.05, 0.1) is 48.6 Å². The van der Waals surface area contributed by atoms with Gasteiger partial charge in [0, 0.05) is 33.5 Å². The average molecular weight is 995 g/mol. The second-order valence-corrected chi connectivity index (χ2v) is 21.1. The number of carbonyl (C=O) groups excluding carboxylic acids is 2. The Hall–Kier alpha value is -4.84. The number of esters is 2. The van der Waals surface area contributed by atoms with E-state index in [-0.39, 0.29) is 59.6 Å². The van der Waals surface area contributed by atoms with E-state index in [1.807, 2.05) is 71.9 Å². The van der Waals surface area contributed by atoms with Gasteiger partial charge in [0.1, 0.15) is 24.4 Å². The summed E-state index contributed by atoms with van der Waals surface area (Å²) in [5, 5.41) is 38.5. The Balaban J connectivity index is 0.000000310. The van der Waals surface area contributed by atoms with Gasteiger partial charge in [-0.2, -0.15) is 0 Å². The maximum absolute atomic E-state index is 12.0. The Kier molecular flexibility index (Phi) is 23.0. The van der Waals surface area contributed by atoms with Crippen molar-refractivity contribution in [1.29, 1.82) is 0 Å². The standard InChI is InChI=1S/C26H38N6O5.C23H40N6O5/c1-14(2)23-16(4)15(3)21(30-32-28)26(36-23)37-25-20(29-31-27)13-19(24(22(25)34)35-17(5)33)12-11-18-9-7-6-8-10-18;1-11(2)8-9-16-10-17(26-28-24)22(19(31)21(16)32-15(7)30)34-23-18(27-29-25)13(5)14(6)20(33-23)12(3)4/h6-10,14-16,19-26,34H,11-13H2,1-5H3;11-14,16-23,31H,8-10H2,1-7H3/t15-,16-,19+,20?,21?,22+,23?,24?,25+,26+;13-,14-,16+,17?,18?,19+,20?,21?,22+,23+/m00/s1. The van der Waals surface area contributed by atoms with E-state index in [1.54, 1.807) is 0 Å². The molecule has 22 nitrogen and oxygen atoms in total. The van der Waals surface area contributed by atoms with Gasteiger partial charge in [-0.25, -0.2) is 0 Å². The van der Waals surface area contributed by atoms with Crippen LogP contribution in [0.3, 0.4) is 0 Å². The van der Waals surface area contributed by atoms with E-state index in [2.05, 4.69) is 67.8 Å². The van der Waals surface area contributed by atoms with Gasteiger partial charge in [-0.3, -0.25) is 9.59 Å². The first-order chi connectivity index (χ1) is 33.7.